The molecule has 1 saturated heterocycles. The van der Waals surface area contributed by atoms with E-state index in [2.05, 4.69) is 41.7 Å². The quantitative estimate of drug-likeness (QED) is 0.154. The second-order valence-electron chi connectivity index (χ2n) is 18.3. The molecule has 1 aliphatic heterocycles. The van der Waals surface area contributed by atoms with Crippen molar-refractivity contribution >= 4 is 35.6 Å². The molecule has 6 amide bonds. The van der Waals surface area contributed by atoms with Gasteiger partial charge in [-0.3, -0.25) is 19.2 Å². The van der Waals surface area contributed by atoms with E-state index in [0.717, 1.165) is 44.9 Å². The van der Waals surface area contributed by atoms with Crippen LogP contribution in [0.1, 0.15) is 107 Å². The van der Waals surface area contributed by atoms with Crippen LogP contribution >= 0.6 is 0 Å². The van der Waals surface area contributed by atoms with Gasteiger partial charge in [0.15, 0.2) is 0 Å². The third-order valence-electron chi connectivity index (χ3n) is 11.5. The highest BCUT2D eigenvalue weighted by atomic mass is 16.6. The van der Waals surface area contributed by atoms with E-state index < -0.39 is 64.9 Å². The normalized spacial score (nSPS) is 24.3. The number of likely N-dealkylation sites (tertiary alicyclic amines) is 1. The minimum absolute atomic E-state index is 0.0927. The zero-order chi connectivity index (χ0) is 38.8. The Morgan fingerprint density at radius 2 is 1.58 bits per heavy atom. The molecule has 4 N–H and O–H groups in total. The van der Waals surface area contributed by atoms with Crippen molar-refractivity contribution in [2.75, 3.05) is 26.7 Å². The molecule has 1 heterocycles. The van der Waals surface area contributed by atoms with Gasteiger partial charge in [-0.05, 0) is 74.5 Å². The van der Waals surface area contributed by atoms with Gasteiger partial charge in [-0.2, -0.15) is 0 Å². The second kappa shape index (κ2) is 16.2. The molecule has 3 saturated carbocycles. The number of ketones is 1. The number of hydrogen-bond acceptors (Lipinski definition) is 7. The van der Waals surface area contributed by atoms with Crippen LogP contribution in [-0.2, 0) is 23.9 Å². The van der Waals surface area contributed by atoms with Gasteiger partial charge in [-0.15, -0.1) is 6.58 Å². The molecule has 4 rings (SSSR count). The van der Waals surface area contributed by atoms with E-state index in [1.165, 1.54) is 11.0 Å². The van der Waals surface area contributed by atoms with Crippen molar-refractivity contribution < 1.29 is 33.5 Å². The third kappa shape index (κ3) is 10.3. The summed E-state index contributed by atoms with van der Waals surface area (Å²) in [4.78, 5) is 84.4. The minimum atomic E-state index is -0.992. The largest absolute Gasteiger partial charge is 0.444 e. The molecule has 0 aromatic carbocycles. The molecule has 292 valence electrons. The molecule has 4 fully saturated rings. The van der Waals surface area contributed by atoms with Gasteiger partial charge in [-0.1, -0.05) is 72.8 Å². The lowest BCUT2D eigenvalue weighted by Gasteiger charge is -2.38. The van der Waals surface area contributed by atoms with E-state index in [1.54, 1.807) is 32.7 Å². The smallest absolute Gasteiger partial charge is 0.410 e. The van der Waals surface area contributed by atoms with Crippen LogP contribution in [-0.4, -0.2) is 102 Å². The van der Waals surface area contributed by atoms with Crippen molar-refractivity contribution in [3.63, 3.8) is 0 Å². The highest BCUT2D eigenvalue weighted by molar-refractivity contribution is 6.38. The minimum Gasteiger partial charge on any atom is -0.444 e. The summed E-state index contributed by atoms with van der Waals surface area (Å²) in [6.07, 6.45) is 7.67. The number of piperidine rings is 1. The average molecular weight is 729 g/mol. The van der Waals surface area contributed by atoms with Crippen LogP contribution in [0.15, 0.2) is 12.7 Å². The van der Waals surface area contributed by atoms with Crippen LogP contribution in [0.25, 0.3) is 0 Å². The number of carbonyl (C=O) groups excluding carboxylic acids is 6. The molecule has 13 nitrogen and oxygen atoms in total. The number of hydrogen-bond donors (Lipinski definition) is 4. The van der Waals surface area contributed by atoms with Crippen molar-refractivity contribution in [3.8, 4) is 0 Å². The van der Waals surface area contributed by atoms with Crippen LogP contribution in [0.5, 0.6) is 0 Å². The van der Waals surface area contributed by atoms with Crippen LogP contribution in [0.3, 0.4) is 0 Å². The fraction of sp³-hybridized carbons (Fsp3) is 0.795. The van der Waals surface area contributed by atoms with E-state index in [4.69, 9.17) is 4.74 Å². The zero-order valence-corrected chi connectivity index (χ0v) is 32.9. The molecule has 3 aliphatic carbocycles. The monoisotopic (exact) mass is 728 g/mol. The molecule has 0 bridgehead atoms. The fourth-order valence-electron chi connectivity index (χ4n) is 7.99. The number of fused-ring (bicyclic) bond motifs is 1. The van der Waals surface area contributed by atoms with E-state index in [9.17, 15) is 28.8 Å². The fourth-order valence-corrected chi connectivity index (χ4v) is 7.99. The SMILES string of the molecule is C=CCNC(=O)C(=O)C(CC1CC1)NC(=O)[C@@H]1[C@@H]2[C@H](CN1C(=O)[C@@H](NC(=O)N[C@H](CN(C)C(=O)OC(C)(C)C)C(C)(C)C)C1CCCCC1)C2(C)C. The molecule has 0 spiro atoms. The van der Waals surface area contributed by atoms with E-state index in [0.29, 0.717) is 13.0 Å². The Morgan fingerprint density at radius 1 is 0.942 bits per heavy atom. The first kappa shape index (κ1) is 41.1. The van der Waals surface area contributed by atoms with Gasteiger partial charge in [0.1, 0.15) is 17.7 Å². The standard InChI is InChI=1S/C39H64N6O7/c1-11-19-40-33(48)31(46)26(20-23-17-18-23)41-32(47)30-28-25(39(28,8)9)21-45(30)34(49)29(24-15-13-12-14-16-24)43-35(50)42-27(37(2,3)4)22-44(10)36(51)52-38(5,6)7/h11,23-30H,1,12-22H2,2-10H3,(H,40,48)(H,41,47)(H2,42,43,50)/t25-,26?,27+,28-,29-,30-/m0/s1. The van der Waals surface area contributed by atoms with Gasteiger partial charge in [0.25, 0.3) is 5.91 Å². The Bertz CT molecular complexity index is 1370. The molecular weight excluding hydrogens is 664 g/mol. The lowest BCUT2D eigenvalue weighted by Crippen LogP contribution is -2.62. The lowest BCUT2D eigenvalue weighted by molar-refractivity contribution is -0.144. The molecular formula is C39H64N6O7. The van der Waals surface area contributed by atoms with Crippen molar-refractivity contribution in [1.29, 1.82) is 0 Å². The number of ether oxygens (including phenoxy) is 1. The van der Waals surface area contributed by atoms with Crippen LogP contribution < -0.4 is 21.3 Å². The zero-order valence-electron chi connectivity index (χ0n) is 32.9. The number of amides is 6. The van der Waals surface area contributed by atoms with Gasteiger partial charge in [0.2, 0.25) is 17.6 Å². The Kier molecular flexibility index (Phi) is 12.8. The highest BCUT2D eigenvalue weighted by Crippen LogP contribution is 2.65. The molecule has 6 atom stereocenters. The lowest BCUT2D eigenvalue weighted by atomic mass is 9.83. The third-order valence-corrected chi connectivity index (χ3v) is 11.5. The molecule has 0 aromatic rings. The van der Waals surface area contributed by atoms with E-state index in [-0.39, 0.29) is 48.1 Å². The number of likely N-dealkylation sites (N-methyl/N-ethyl adjacent to an activating group) is 1. The number of nitrogens with one attached hydrogen (secondary N) is 4. The molecule has 13 heteroatoms. The van der Waals surface area contributed by atoms with Crippen LogP contribution in [0, 0.1) is 34.5 Å². The van der Waals surface area contributed by atoms with Crippen molar-refractivity contribution in [3.05, 3.63) is 12.7 Å². The summed E-state index contributed by atoms with van der Waals surface area (Å²) < 4.78 is 5.53. The van der Waals surface area contributed by atoms with Gasteiger partial charge >= 0.3 is 12.1 Å². The van der Waals surface area contributed by atoms with Gasteiger partial charge in [-0.25, -0.2) is 9.59 Å². The molecule has 0 radical (unpaired) electrons. The van der Waals surface area contributed by atoms with Crippen molar-refractivity contribution in [2.45, 2.75) is 137 Å². The predicted octanol–water partition coefficient (Wildman–Crippen LogP) is 4.16. The Labute approximate surface area is 310 Å². The summed E-state index contributed by atoms with van der Waals surface area (Å²) in [7, 11) is 1.63. The maximum Gasteiger partial charge on any atom is 0.410 e. The molecule has 52 heavy (non-hydrogen) atoms. The summed E-state index contributed by atoms with van der Waals surface area (Å²) in [6.45, 7) is 19.7. The summed E-state index contributed by atoms with van der Waals surface area (Å²) in [5.41, 5.74) is -1.30. The first-order valence-electron chi connectivity index (χ1n) is 19.2. The van der Waals surface area contributed by atoms with Gasteiger partial charge < -0.3 is 35.8 Å². The molecule has 4 aliphatic rings. The summed E-state index contributed by atoms with van der Waals surface area (Å²) in [6, 6.07) is -3.69. The molecule has 1 unspecified atom stereocenters. The van der Waals surface area contributed by atoms with Crippen LogP contribution in [0.4, 0.5) is 9.59 Å². The van der Waals surface area contributed by atoms with E-state index >= 15 is 0 Å². The van der Waals surface area contributed by atoms with Gasteiger partial charge in [0, 0.05) is 26.7 Å². The van der Waals surface area contributed by atoms with E-state index in [1.807, 2.05) is 20.8 Å². The van der Waals surface area contributed by atoms with Crippen molar-refractivity contribution in [2.24, 2.45) is 34.5 Å². The van der Waals surface area contributed by atoms with Crippen molar-refractivity contribution in [1.82, 2.24) is 31.1 Å². The number of nitrogens with zero attached hydrogens (tertiary/aromatic N) is 2. The summed E-state index contributed by atoms with van der Waals surface area (Å²) in [5, 5.41) is 11.5. The first-order valence-corrected chi connectivity index (χ1v) is 19.2. The Balaban J connectivity index is 1.54. The summed E-state index contributed by atoms with van der Waals surface area (Å²) in [5.74, 6) is -2.10. The Morgan fingerprint density at radius 3 is 2.13 bits per heavy atom. The number of urea groups is 1. The average Bonchev–Trinajstić information content (AvgIpc) is 3.91. The number of carbonyl (C=O) groups is 6. The topological polar surface area (TPSA) is 166 Å². The van der Waals surface area contributed by atoms with Gasteiger partial charge in [0.05, 0.1) is 12.1 Å². The van der Waals surface area contributed by atoms with Crippen LogP contribution in [0.2, 0.25) is 0 Å². The second-order valence-corrected chi connectivity index (χ2v) is 18.3. The predicted molar refractivity (Wildman–Crippen MR) is 198 cm³/mol. The Hall–Kier alpha value is -3.64. The highest BCUT2D eigenvalue weighted by Gasteiger charge is 2.69. The summed E-state index contributed by atoms with van der Waals surface area (Å²) >= 11 is 0. The number of rotatable bonds is 14. The molecule has 0 aromatic heterocycles. The first-order chi connectivity index (χ1) is 24.1. The number of Topliss-reactive ketones (excluding diaryl/α,β-unsaturated/α-hetero) is 1. The maximum atomic E-state index is 14.7. The maximum absolute atomic E-state index is 14.7.